The molecule has 25 heavy (non-hydrogen) atoms. The van der Waals surface area contributed by atoms with E-state index in [1.165, 1.54) is 0 Å². The van der Waals surface area contributed by atoms with Crippen molar-refractivity contribution in [3.05, 3.63) is 59.7 Å². The molecule has 0 radical (unpaired) electrons. The molecule has 2 aromatic carbocycles. The van der Waals surface area contributed by atoms with E-state index in [9.17, 15) is 10.1 Å². The van der Waals surface area contributed by atoms with Crippen LogP contribution in [-0.2, 0) is 4.79 Å². The quantitative estimate of drug-likeness (QED) is 0.324. The standard InChI is InChI=1S/C19H16I2N2O2/c1-11-4-5-15(6-12(11)2)23-19(24)14(10-22)7-13-8-16(20)18(25-3)17(21)9-13/h4-9H,1-3H3,(H,23,24)/b14-7+. The van der Waals surface area contributed by atoms with Gasteiger partial charge in [-0.25, -0.2) is 0 Å². The Morgan fingerprint density at radius 3 is 2.32 bits per heavy atom. The van der Waals surface area contributed by atoms with Gasteiger partial charge in [0, 0.05) is 5.69 Å². The van der Waals surface area contributed by atoms with E-state index >= 15 is 0 Å². The molecule has 0 fully saturated rings. The third-order valence-electron chi connectivity index (χ3n) is 3.67. The van der Waals surface area contributed by atoms with Crippen molar-refractivity contribution in [3.8, 4) is 11.8 Å². The average Bonchev–Trinajstić information content (AvgIpc) is 2.55. The number of hydrogen-bond donors (Lipinski definition) is 1. The number of methoxy groups -OCH3 is 1. The fraction of sp³-hybridized carbons (Fsp3) is 0.158. The van der Waals surface area contributed by atoms with Gasteiger partial charge in [0.25, 0.3) is 5.91 Å². The lowest BCUT2D eigenvalue weighted by molar-refractivity contribution is -0.112. The molecular weight excluding hydrogens is 542 g/mol. The number of nitriles is 1. The average molecular weight is 558 g/mol. The van der Waals surface area contributed by atoms with Gasteiger partial charge in [-0.1, -0.05) is 6.07 Å². The second-order valence-corrected chi connectivity index (χ2v) is 7.77. The second-order valence-electron chi connectivity index (χ2n) is 5.44. The zero-order chi connectivity index (χ0) is 18.6. The molecule has 6 heteroatoms. The Hall–Kier alpha value is -1.60. The van der Waals surface area contributed by atoms with E-state index in [1.807, 2.05) is 50.2 Å². The number of carbonyl (C=O) groups is 1. The lowest BCUT2D eigenvalue weighted by atomic mass is 10.1. The number of ether oxygens (including phenoxy) is 1. The van der Waals surface area contributed by atoms with E-state index in [1.54, 1.807) is 13.2 Å². The third kappa shape index (κ3) is 4.95. The minimum atomic E-state index is -0.424. The van der Waals surface area contributed by atoms with Crippen LogP contribution >= 0.6 is 45.2 Å². The van der Waals surface area contributed by atoms with Crippen molar-refractivity contribution in [1.29, 1.82) is 5.26 Å². The van der Waals surface area contributed by atoms with Crippen LogP contribution in [0.15, 0.2) is 35.9 Å². The lowest BCUT2D eigenvalue weighted by Gasteiger charge is -2.09. The maximum Gasteiger partial charge on any atom is 0.266 e. The summed E-state index contributed by atoms with van der Waals surface area (Å²) >= 11 is 4.34. The fourth-order valence-corrected chi connectivity index (χ4v) is 4.45. The first kappa shape index (κ1) is 19.7. The van der Waals surface area contributed by atoms with Gasteiger partial charge in [0.1, 0.15) is 17.4 Å². The monoisotopic (exact) mass is 558 g/mol. The van der Waals surface area contributed by atoms with Crippen molar-refractivity contribution in [3.63, 3.8) is 0 Å². The number of nitrogens with one attached hydrogen (secondary N) is 1. The molecule has 0 aliphatic heterocycles. The summed E-state index contributed by atoms with van der Waals surface area (Å²) in [7, 11) is 1.62. The zero-order valence-corrected chi connectivity index (χ0v) is 18.3. The molecule has 0 bridgehead atoms. The van der Waals surface area contributed by atoms with Gasteiger partial charge in [0.15, 0.2) is 0 Å². The first-order chi connectivity index (χ1) is 11.8. The van der Waals surface area contributed by atoms with Gasteiger partial charge in [0.2, 0.25) is 0 Å². The number of amides is 1. The Balaban J connectivity index is 2.29. The predicted molar refractivity (Wildman–Crippen MR) is 117 cm³/mol. The van der Waals surface area contributed by atoms with Crippen molar-refractivity contribution in [1.82, 2.24) is 0 Å². The van der Waals surface area contributed by atoms with Crippen molar-refractivity contribution in [2.75, 3.05) is 12.4 Å². The number of halogens is 2. The van der Waals surface area contributed by atoms with E-state index in [4.69, 9.17) is 4.74 Å². The van der Waals surface area contributed by atoms with Crippen LogP contribution in [0.25, 0.3) is 6.08 Å². The molecule has 0 aliphatic rings. The molecule has 1 amide bonds. The molecule has 0 unspecified atom stereocenters. The number of hydrogen-bond acceptors (Lipinski definition) is 3. The Morgan fingerprint density at radius 2 is 1.80 bits per heavy atom. The Labute approximate surface area is 174 Å². The number of benzene rings is 2. The summed E-state index contributed by atoms with van der Waals surface area (Å²) in [6.07, 6.45) is 1.58. The summed E-state index contributed by atoms with van der Waals surface area (Å²) in [5, 5.41) is 12.1. The maximum atomic E-state index is 12.4. The second kappa shape index (κ2) is 8.67. The highest BCUT2D eigenvalue weighted by molar-refractivity contribution is 14.1. The van der Waals surface area contributed by atoms with Crippen LogP contribution in [0.4, 0.5) is 5.69 Å². The van der Waals surface area contributed by atoms with E-state index in [0.717, 1.165) is 29.6 Å². The van der Waals surface area contributed by atoms with Crippen molar-refractivity contribution >= 4 is 62.9 Å². The largest absolute Gasteiger partial charge is 0.495 e. The van der Waals surface area contributed by atoms with Gasteiger partial charge in [0.05, 0.1) is 14.3 Å². The highest BCUT2D eigenvalue weighted by Gasteiger charge is 2.12. The summed E-state index contributed by atoms with van der Waals surface area (Å²) in [6.45, 7) is 3.99. The zero-order valence-electron chi connectivity index (χ0n) is 14.0. The number of nitrogens with zero attached hydrogens (tertiary/aromatic N) is 1. The molecule has 0 saturated carbocycles. The van der Waals surface area contributed by atoms with Crippen LogP contribution in [0.2, 0.25) is 0 Å². The molecular formula is C19H16I2N2O2. The Bertz CT molecular complexity index is 876. The summed E-state index contributed by atoms with van der Waals surface area (Å²) in [6, 6.07) is 11.4. The van der Waals surface area contributed by atoms with Crippen LogP contribution in [0, 0.1) is 32.3 Å². The van der Waals surface area contributed by atoms with Crippen molar-refractivity contribution in [2.24, 2.45) is 0 Å². The first-order valence-corrected chi connectivity index (χ1v) is 9.55. The van der Waals surface area contributed by atoms with Gasteiger partial charge < -0.3 is 10.1 Å². The number of anilines is 1. The number of carbonyl (C=O) groups excluding carboxylic acids is 1. The molecule has 0 heterocycles. The van der Waals surface area contributed by atoms with Gasteiger partial charge >= 0.3 is 0 Å². The maximum absolute atomic E-state index is 12.4. The summed E-state index contributed by atoms with van der Waals surface area (Å²) in [5.74, 6) is 0.364. The van der Waals surface area contributed by atoms with E-state index in [2.05, 4.69) is 50.5 Å². The van der Waals surface area contributed by atoms with Crippen LogP contribution in [0.5, 0.6) is 5.75 Å². The van der Waals surface area contributed by atoms with Gasteiger partial charge in [-0.3, -0.25) is 4.79 Å². The topological polar surface area (TPSA) is 62.1 Å². The van der Waals surface area contributed by atoms with Gasteiger partial charge in [-0.05, 0) is 106 Å². The normalized spacial score (nSPS) is 11.0. The molecule has 128 valence electrons. The fourth-order valence-electron chi connectivity index (χ4n) is 2.19. The molecule has 0 aromatic heterocycles. The summed E-state index contributed by atoms with van der Waals surface area (Å²) in [4.78, 5) is 12.4. The SMILES string of the molecule is COc1c(I)cc(/C=C(\C#N)C(=O)Nc2ccc(C)c(C)c2)cc1I. The number of aryl methyl sites for hydroxylation is 2. The minimum absolute atomic E-state index is 0.0509. The van der Waals surface area contributed by atoms with Crippen LogP contribution in [0.3, 0.4) is 0 Å². The molecule has 0 aliphatic carbocycles. The van der Waals surface area contributed by atoms with E-state index < -0.39 is 5.91 Å². The predicted octanol–water partition coefficient (Wildman–Crippen LogP) is 5.07. The Morgan fingerprint density at radius 1 is 1.16 bits per heavy atom. The molecule has 1 N–H and O–H groups in total. The Kier molecular flexibility index (Phi) is 6.84. The van der Waals surface area contributed by atoms with Crippen LogP contribution in [0.1, 0.15) is 16.7 Å². The number of rotatable bonds is 4. The molecule has 0 atom stereocenters. The third-order valence-corrected chi connectivity index (χ3v) is 5.27. The van der Waals surface area contributed by atoms with Crippen molar-refractivity contribution in [2.45, 2.75) is 13.8 Å². The van der Waals surface area contributed by atoms with Crippen LogP contribution < -0.4 is 10.1 Å². The molecule has 2 rings (SSSR count). The lowest BCUT2D eigenvalue weighted by Crippen LogP contribution is -2.13. The van der Waals surface area contributed by atoms with Gasteiger partial charge in [-0.2, -0.15) is 5.26 Å². The van der Waals surface area contributed by atoms with Gasteiger partial charge in [-0.15, -0.1) is 0 Å². The summed E-state index contributed by atoms with van der Waals surface area (Å²) in [5.41, 5.74) is 3.74. The highest BCUT2D eigenvalue weighted by atomic mass is 127. The minimum Gasteiger partial charge on any atom is -0.495 e. The van der Waals surface area contributed by atoms with E-state index in [0.29, 0.717) is 5.69 Å². The van der Waals surface area contributed by atoms with Crippen LogP contribution in [-0.4, -0.2) is 13.0 Å². The summed E-state index contributed by atoms with van der Waals surface area (Å²) < 4.78 is 7.17. The molecule has 0 saturated heterocycles. The molecule has 2 aromatic rings. The molecule has 4 nitrogen and oxygen atoms in total. The van der Waals surface area contributed by atoms with Crippen molar-refractivity contribution < 1.29 is 9.53 Å². The molecule has 0 spiro atoms. The smallest absolute Gasteiger partial charge is 0.266 e. The van der Waals surface area contributed by atoms with E-state index in [-0.39, 0.29) is 5.57 Å². The highest BCUT2D eigenvalue weighted by Crippen LogP contribution is 2.29. The first-order valence-electron chi connectivity index (χ1n) is 7.39.